The molecule has 4 fully saturated rings. The first-order chi connectivity index (χ1) is 7.66. The predicted molar refractivity (Wildman–Crippen MR) is 69.2 cm³/mol. The fraction of sp³-hybridized carbons (Fsp3) is 1.00. The summed E-state index contributed by atoms with van der Waals surface area (Å²) in [5.41, 5.74) is 0.888. The summed E-state index contributed by atoms with van der Waals surface area (Å²) in [5, 5.41) is 0. The van der Waals surface area contributed by atoms with Gasteiger partial charge in [0.2, 0.25) is 0 Å². The van der Waals surface area contributed by atoms with E-state index in [1.807, 2.05) is 0 Å². The smallest absolute Gasteiger partial charge is 0.0201 e. The van der Waals surface area contributed by atoms with Crippen molar-refractivity contribution in [3.63, 3.8) is 0 Å². The normalized spacial score (nSPS) is 54.4. The Morgan fingerprint density at radius 2 is 2.06 bits per heavy atom. The average Bonchev–Trinajstić information content (AvgIpc) is 2.25. The molecule has 0 nitrogen and oxygen atoms in total. The zero-order valence-corrected chi connectivity index (χ0v) is 11.5. The van der Waals surface area contributed by atoms with E-state index in [4.69, 9.17) is 0 Å². The van der Waals surface area contributed by atoms with Gasteiger partial charge in [-0.25, -0.2) is 0 Å². The molecule has 0 aromatic carbocycles. The molecule has 1 spiro atoms. The highest BCUT2D eigenvalue weighted by atomic mass is 14.9. The third-order valence-corrected chi connectivity index (χ3v) is 6.80. The standard InChI is InChI=1S/C16H28/c1-5-7-14-12(8-10(3)6-2)15-13-9-16(14,15)11(13)4/h10-15H,5-9H2,1-4H3. The van der Waals surface area contributed by atoms with E-state index in [0.717, 1.165) is 35.0 Å². The van der Waals surface area contributed by atoms with Crippen LogP contribution in [0.15, 0.2) is 0 Å². The Labute approximate surface area is 101 Å². The maximum atomic E-state index is 2.53. The van der Waals surface area contributed by atoms with Gasteiger partial charge in [-0.05, 0) is 60.2 Å². The fourth-order valence-electron chi connectivity index (χ4n) is 5.72. The van der Waals surface area contributed by atoms with Crippen LogP contribution in [0.3, 0.4) is 0 Å². The minimum Gasteiger partial charge on any atom is -0.0654 e. The monoisotopic (exact) mass is 220 g/mol. The molecule has 0 aromatic heterocycles. The van der Waals surface area contributed by atoms with Crippen molar-refractivity contribution in [1.29, 1.82) is 0 Å². The molecular formula is C16H28. The van der Waals surface area contributed by atoms with E-state index in [1.54, 1.807) is 6.42 Å². The molecule has 4 rings (SSSR count). The molecule has 0 aromatic rings. The lowest BCUT2D eigenvalue weighted by molar-refractivity contribution is -0.396. The first-order valence-corrected chi connectivity index (χ1v) is 7.66. The summed E-state index contributed by atoms with van der Waals surface area (Å²) in [4.78, 5) is 0. The molecule has 0 amide bonds. The minimum absolute atomic E-state index is 0.888. The third kappa shape index (κ3) is 1.03. The molecule has 4 aliphatic rings. The molecule has 4 saturated carbocycles. The van der Waals surface area contributed by atoms with E-state index in [2.05, 4.69) is 27.7 Å². The van der Waals surface area contributed by atoms with Crippen molar-refractivity contribution >= 4 is 0 Å². The molecule has 7 atom stereocenters. The van der Waals surface area contributed by atoms with Crippen molar-refractivity contribution in [2.45, 2.75) is 59.8 Å². The van der Waals surface area contributed by atoms with Crippen molar-refractivity contribution in [2.24, 2.45) is 40.9 Å². The predicted octanol–water partition coefficient (Wildman–Crippen LogP) is 4.74. The van der Waals surface area contributed by atoms with Gasteiger partial charge in [-0.2, -0.15) is 0 Å². The Morgan fingerprint density at radius 3 is 2.56 bits per heavy atom. The van der Waals surface area contributed by atoms with Gasteiger partial charge in [-0.15, -0.1) is 0 Å². The topological polar surface area (TPSA) is 0 Å². The van der Waals surface area contributed by atoms with Gasteiger partial charge in [0.1, 0.15) is 0 Å². The summed E-state index contributed by atoms with van der Waals surface area (Å²) in [7, 11) is 0. The Hall–Kier alpha value is 0. The average molecular weight is 220 g/mol. The lowest BCUT2D eigenvalue weighted by Gasteiger charge is -2.87. The Balaban J connectivity index is 1.67. The van der Waals surface area contributed by atoms with E-state index >= 15 is 0 Å². The summed E-state index contributed by atoms with van der Waals surface area (Å²) in [5.74, 6) is 6.66. The van der Waals surface area contributed by atoms with E-state index in [0.29, 0.717) is 0 Å². The minimum atomic E-state index is 0.888. The molecule has 16 heavy (non-hydrogen) atoms. The SMILES string of the molecule is CCCC1C(CC(C)CC)C2C3CC12C3C. The highest BCUT2D eigenvalue weighted by Gasteiger charge is 2.81. The Morgan fingerprint density at radius 1 is 1.31 bits per heavy atom. The van der Waals surface area contributed by atoms with E-state index in [1.165, 1.54) is 31.6 Å². The summed E-state index contributed by atoms with van der Waals surface area (Å²) in [6, 6.07) is 0. The summed E-state index contributed by atoms with van der Waals surface area (Å²) in [6.45, 7) is 9.73. The highest BCUT2D eigenvalue weighted by molar-refractivity contribution is 5.29. The Kier molecular flexibility index (Phi) is 2.43. The van der Waals surface area contributed by atoms with Crippen molar-refractivity contribution in [1.82, 2.24) is 0 Å². The van der Waals surface area contributed by atoms with E-state index in [-0.39, 0.29) is 0 Å². The molecule has 0 heteroatoms. The van der Waals surface area contributed by atoms with Crippen LogP contribution in [0.4, 0.5) is 0 Å². The molecule has 0 radical (unpaired) electrons. The van der Waals surface area contributed by atoms with Gasteiger partial charge in [0, 0.05) is 0 Å². The van der Waals surface area contributed by atoms with Gasteiger partial charge < -0.3 is 0 Å². The van der Waals surface area contributed by atoms with Crippen LogP contribution in [-0.2, 0) is 0 Å². The number of hydrogen-bond donors (Lipinski definition) is 0. The summed E-state index contributed by atoms with van der Waals surface area (Å²) >= 11 is 0. The maximum Gasteiger partial charge on any atom is -0.0201 e. The lowest BCUT2D eigenvalue weighted by Crippen LogP contribution is -2.82. The van der Waals surface area contributed by atoms with E-state index in [9.17, 15) is 0 Å². The lowest BCUT2D eigenvalue weighted by atomic mass is 9.17. The van der Waals surface area contributed by atoms with Crippen LogP contribution in [0.2, 0.25) is 0 Å². The molecular weight excluding hydrogens is 192 g/mol. The second-order valence-electron chi connectivity index (χ2n) is 7.10. The van der Waals surface area contributed by atoms with Crippen LogP contribution in [0.1, 0.15) is 59.8 Å². The molecule has 2 bridgehead atoms. The first kappa shape index (κ1) is 11.1. The molecule has 7 unspecified atom stereocenters. The van der Waals surface area contributed by atoms with Crippen molar-refractivity contribution in [3.8, 4) is 0 Å². The van der Waals surface area contributed by atoms with Crippen molar-refractivity contribution in [2.75, 3.05) is 0 Å². The van der Waals surface area contributed by atoms with Gasteiger partial charge in [0.05, 0.1) is 0 Å². The van der Waals surface area contributed by atoms with Crippen LogP contribution in [0, 0.1) is 40.9 Å². The molecule has 92 valence electrons. The van der Waals surface area contributed by atoms with Gasteiger partial charge in [-0.1, -0.05) is 40.5 Å². The summed E-state index contributed by atoms with van der Waals surface area (Å²) in [6.07, 6.45) is 7.47. The van der Waals surface area contributed by atoms with Crippen LogP contribution >= 0.6 is 0 Å². The zero-order valence-electron chi connectivity index (χ0n) is 11.5. The molecule has 4 aliphatic carbocycles. The molecule has 0 N–H and O–H groups in total. The Bertz CT molecular complexity index is 282. The van der Waals surface area contributed by atoms with Crippen LogP contribution in [-0.4, -0.2) is 0 Å². The quantitative estimate of drug-likeness (QED) is 0.627. The van der Waals surface area contributed by atoms with E-state index < -0.39 is 0 Å². The molecule has 0 aliphatic heterocycles. The van der Waals surface area contributed by atoms with Crippen molar-refractivity contribution in [3.05, 3.63) is 0 Å². The van der Waals surface area contributed by atoms with Gasteiger partial charge >= 0.3 is 0 Å². The zero-order chi connectivity index (χ0) is 11.5. The highest BCUT2D eigenvalue weighted by Crippen LogP contribution is 2.87. The second-order valence-corrected chi connectivity index (χ2v) is 7.10. The van der Waals surface area contributed by atoms with Gasteiger partial charge in [0.15, 0.2) is 0 Å². The van der Waals surface area contributed by atoms with Crippen LogP contribution < -0.4 is 0 Å². The first-order valence-electron chi connectivity index (χ1n) is 7.66. The number of hydrogen-bond acceptors (Lipinski definition) is 0. The largest absolute Gasteiger partial charge is 0.0654 e. The van der Waals surface area contributed by atoms with Crippen LogP contribution in [0.25, 0.3) is 0 Å². The maximum absolute atomic E-state index is 2.53. The summed E-state index contributed by atoms with van der Waals surface area (Å²) < 4.78 is 0. The van der Waals surface area contributed by atoms with Crippen LogP contribution in [0.5, 0.6) is 0 Å². The number of rotatable bonds is 5. The molecule has 0 heterocycles. The fourth-order valence-corrected chi connectivity index (χ4v) is 5.72. The van der Waals surface area contributed by atoms with Crippen molar-refractivity contribution < 1.29 is 0 Å². The molecule has 0 saturated heterocycles. The second kappa shape index (κ2) is 3.50. The van der Waals surface area contributed by atoms with Gasteiger partial charge in [0.25, 0.3) is 0 Å². The third-order valence-electron chi connectivity index (χ3n) is 6.80. The van der Waals surface area contributed by atoms with Gasteiger partial charge in [-0.3, -0.25) is 0 Å².